The molecule has 0 spiro atoms. The topological polar surface area (TPSA) is 78.4 Å². The molecule has 26 heavy (non-hydrogen) atoms. The van der Waals surface area contributed by atoms with Crippen LogP contribution in [0.2, 0.25) is 0 Å². The number of hydroxylamine groups is 1. The molecular weight excluding hydrogens is 328 g/mol. The normalized spacial score (nSPS) is 17.1. The zero-order chi connectivity index (χ0) is 18.4. The van der Waals surface area contributed by atoms with E-state index in [2.05, 4.69) is 5.32 Å². The molecule has 1 saturated carbocycles. The summed E-state index contributed by atoms with van der Waals surface area (Å²) >= 11 is 0. The molecule has 0 bridgehead atoms. The summed E-state index contributed by atoms with van der Waals surface area (Å²) < 4.78 is 0. The van der Waals surface area contributed by atoms with Crippen molar-refractivity contribution >= 4 is 12.3 Å². The van der Waals surface area contributed by atoms with Crippen molar-refractivity contribution in [3.63, 3.8) is 0 Å². The van der Waals surface area contributed by atoms with E-state index in [1.807, 2.05) is 54.6 Å². The molecule has 1 aliphatic carbocycles. The number of nitrogens with one attached hydrogen (secondary N) is 2. The van der Waals surface area contributed by atoms with Gasteiger partial charge in [0.05, 0.1) is 11.5 Å². The molecule has 3 rings (SSSR count). The monoisotopic (exact) mass is 352 g/mol. The number of carbonyl (C=O) groups excluding carboxylic acids is 2. The van der Waals surface area contributed by atoms with Crippen molar-refractivity contribution in [3.8, 4) is 0 Å². The predicted octanol–water partition coefficient (Wildman–Crippen LogP) is 3.23. The number of rotatable bonds is 6. The molecule has 0 aliphatic heterocycles. The lowest BCUT2D eigenvalue weighted by atomic mass is 9.76. The molecule has 2 aromatic rings. The van der Waals surface area contributed by atoms with Gasteiger partial charge in [0.1, 0.15) is 0 Å². The van der Waals surface area contributed by atoms with E-state index >= 15 is 0 Å². The van der Waals surface area contributed by atoms with E-state index in [1.54, 1.807) is 5.48 Å². The van der Waals surface area contributed by atoms with Crippen LogP contribution in [0.5, 0.6) is 0 Å². The van der Waals surface area contributed by atoms with Crippen molar-refractivity contribution in [2.75, 3.05) is 0 Å². The Balaban J connectivity index is 1.94. The molecule has 0 aromatic heterocycles. The molecule has 1 fully saturated rings. The van der Waals surface area contributed by atoms with Crippen LogP contribution in [0.25, 0.3) is 0 Å². The summed E-state index contributed by atoms with van der Waals surface area (Å²) in [6.07, 6.45) is 5.98. The molecule has 0 heterocycles. The Morgan fingerprint density at radius 2 is 1.58 bits per heavy atom. The van der Waals surface area contributed by atoms with Crippen LogP contribution >= 0.6 is 0 Å². The Labute approximate surface area is 153 Å². The largest absolute Gasteiger partial charge is 0.349 e. The molecule has 3 N–H and O–H groups in total. The molecule has 2 aromatic carbocycles. The first-order chi connectivity index (χ1) is 12.7. The lowest BCUT2D eigenvalue weighted by Gasteiger charge is -2.37. The minimum atomic E-state index is -0.586. The van der Waals surface area contributed by atoms with Gasteiger partial charge in [-0.2, -0.15) is 0 Å². The summed E-state index contributed by atoms with van der Waals surface area (Å²) in [5.74, 6) is -1.06. The molecule has 1 unspecified atom stereocenters. The van der Waals surface area contributed by atoms with Gasteiger partial charge in [0, 0.05) is 0 Å². The number of benzene rings is 2. The number of carbonyl (C=O) groups is 2. The lowest BCUT2D eigenvalue weighted by Crippen LogP contribution is -2.43. The van der Waals surface area contributed by atoms with E-state index in [0.717, 1.165) is 48.8 Å². The van der Waals surface area contributed by atoms with Gasteiger partial charge < -0.3 is 5.32 Å². The summed E-state index contributed by atoms with van der Waals surface area (Å²) in [4.78, 5) is 23.4. The SMILES string of the molecule is O=CNC1(c2ccc(C(C(=O)NO)c3ccccc3)cc2)CCCCC1. The second kappa shape index (κ2) is 8.15. The highest BCUT2D eigenvalue weighted by molar-refractivity contribution is 5.86. The molecule has 136 valence electrons. The highest BCUT2D eigenvalue weighted by atomic mass is 16.5. The fraction of sp³-hybridized carbons (Fsp3) is 0.333. The van der Waals surface area contributed by atoms with E-state index in [9.17, 15) is 9.59 Å². The first kappa shape index (κ1) is 18.1. The number of amides is 2. The third-order valence-corrected chi connectivity index (χ3v) is 5.34. The molecule has 1 atom stereocenters. The quantitative estimate of drug-likeness (QED) is 0.424. The van der Waals surface area contributed by atoms with Crippen LogP contribution in [0.15, 0.2) is 54.6 Å². The Morgan fingerprint density at radius 3 is 2.15 bits per heavy atom. The minimum absolute atomic E-state index is 0.319. The molecule has 1 aliphatic rings. The third-order valence-electron chi connectivity index (χ3n) is 5.34. The highest BCUT2D eigenvalue weighted by Gasteiger charge is 2.33. The van der Waals surface area contributed by atoms with Gasteiger partial charge in [-0.15, -0.1) is 0 Å². The summed E-state index contributed by atoms with van der Waals surface area (Å²) in [5.41, 5.74) is 4.12. The van der Waals surface area contributed by atoms with Crippen LogP contribution in [0.3, 0.4) is 0 Å². The van der Waals surface area contributed by atoms with Crippen LogP contribution in [-0.2, 0) is 15.1 Å². The minimum Gasteiger partial charge on any atom is -0.349 e. The average molecular weight is 352 g/mol. The zero-order valence-electron chi connectivity index (χ0n) is 14.7. The zero-order valence-corrected chi connectivity index (χ0v) is 14.7. The third kappa shape index (κ3) is 3.63. The fourth-order valence-corrected chi connectivity index (χ4v) is 3.98. The Kier molecular flexibility index (Phi) is 5.68. The summed E-state index contributed by atoms with van der Waals surface area (Å²) in [7, 11) is 0. The van der Waals surface area contributed by atoms with Gasteiger partial charge in [-0.05, 0) is 29.5 Å². The summed E-state index contributed by atoms with van der Waals surface area (Å²) in [6.45, 7) is 0. The smallest absolute Gasteiger partial charge is 0.255 e. The first-order valence-electron chi connectivity index (χ1n) is 9.01. The predicted molar refractivity (Wildman–Crippen MR) is 98.6 cm³/mol. The Morgan fingerprint density at radius 1 is 0.962 bits per heavy atom. The standard InChI is InChI=1S/C21H24N2O3/c24-15-22-21(13-5-2-6-14-21)18-11-9-17(10-12-18)19(20(25)23-26)16-7-3-1-4-8-16/h1,3-4,7-12,15,19,26H,2,5-6,13-14H2,(H,22,24)(H,23,25). The second-order valence-electron chi connectivity index (χ2n) is 6.85. The molecule has 5 heteroatoms. The van der Waals surface area contributed by atoms with Gasteiger partial charge in [-0.3, -0.25) is 14.8 Å². The molecular formula is C21H24N2O3. The van der Waals surface area contributed by atoms with E-state index in [1.165, 1.54) is 6.42 Å². The Hall–Kier alpha value is -2.66. The van der Waals surface area contributed by atoms with Gasteiger partial charge in [0.15, 0.2) is 0 Å². The molecule has 5 nitrogen and oxygen atoms in total. The van der Waals surface area contributed by atoms with E-state index in [0.29, 0.717) is 0 Å². The molecule has 0 saturated heterocycles. The lowest BCUT2D eigenvalue weighted by molar-refractivity contribution is -0.129. The average Bonchev–Trinajstić information content (AvgIpc) is 2.70. The highest BCUT2D eigenvalue weighted by Crippen LogP contribution is 2.37. The van der Waals surface area contributed by atoms with Crippen LogP contribution in [0.4, 0.5) is 0 Å². The molecule has 0 radical (unpaired) electrons. The van der Waals surface area contributed by atoms with Crippen LogP contribution in [-0.4, -0.2) is 17.5 Å². The second-order valence-corrected chi connectivity index (χ2v) is 6.85. The molecule has 2 amide bonds. The maximum atomic E-state index is 12.2. The van der Waals surface area contributed by atoms with E-state index in [-0.39, 0.29) is 5.54 Å². The van der Waals surface area contributed by atoms with Gasteiger partial charge >= 0.3 is 0 Å². The van der Waals surface area contributed by atoms with Gasteiger partial charge in [-0.25, -0.2) is 5.48 Å². The van der Waals surface area contributed by atoms with Crippen LogP contribution in [0, 0.1) is 0 Å². The van der Waals surface area contributed by atoms with Crippen molar-refractivity contribution < 1.29 is 14.8 Å². The summed E-state index contributed by atoms with van der Waals surface area (Å²) in [6, 6.07) is 17.1. The number of hydrogen-bond acceptors (Lipinski definition) is 3. The van der Waals surface area contributed by atoms with Gasteiger partial charge in [0.25, 0.3) is 5.91 Å². The number of hydrogen-bond donors (Lipinski definition) is 3. The van der Waals surface area contributed by atoms with Crippen molar-refractivity contribution in [3.05, 3.63) is 71.3 Å². The van der Waals surface area contributed by atoms with E-state index in [4.69, 9.17) is 5.21 Å². The van der Waals surface area contributed by atoms with Crippen LogP contribution < -0.4 is 10.8 Å². The van der Waals surface area contributed by atoms with Crippen molar-refractivity contribution in [2.45, 2.75) is 43.6 Å². The van der Waals surface area contributed by atoms with Crippen molar-refractivity contribution in [1.82, 2.24) is 10.8 Å². The van der Waals surface area contributed by atoms with Crippen LogP contribution in [0.1, 0.15) is 54.7 Å². The first-order valence-corrected chi connectivity index (χ1v) is 9.01. The van der Waals surface area contributed by atoms with Gasteiger partial charge in [0.2, 0.25) is 6.41 Å². The van der Waals surface area contributed by atoms with Crippen molar-refractivity contribution in [1.29, 1.82) is 0 Å². The Bertz CT molecular complexity index is 738. The maximum absolute atomic E-state index is 12.2. The summed E-state index contributed by atoms with van der Waals surface area (Å²) in [5, 5.41) is 12.2. The van der Waals surface area contributed by atoms with Crippen molar-refractivity contribution in [2.24, 2.45) is 0 Å². The fourth-order valence-electron chi connectivity index (χ4n) is 3.98. The van der Waals surface area contributed by atoms with Gasteiger partial charge in [-0.1, -0.05) is 73.9 Å². The van der Waals surface area contributed by atoms with E-state index < -0.39 is 11.8 Å². The maximum Gasteiger partial charge on any atom is 0.255 e.